The van der Waals surface area contributed by atoms with Crippen LogP contribution < -0.4 is 11.1 Å². The highest BCUT2D eigenvalue weighted by molar-refractivity contribution is 5.81. The lowest BCUT2D eigenvalue weighted by atomic mass is 9.76. The smallest absolute Gasteiger partial charge is 0.236 e. The molecule has 3 nitrogen and oxygen atoms in total. The minimum absolute atomic E-state index is 0.00576. The molecule has 3 heteroatoms. The Morgan fingerprint density at radius 1 is 1.28 bits per heavy atom. The normalized spacial score (nSPS) is 13.1. The van der Waals surface area contributed by atoms with Gasteiger partial charge in [-0.1, -0.05) is 44.2 Å². The lowest BCUT2D eigenvalue weighted by Gasteiger charge is -2.33. The van der Waals surface area contributed by atoms with Gasteiger partial charge in [0.15, 0.2) is 0 Å². The van der Waals surface area contributed by atoms with E-state index in [0.717, 1.165) is 12.8 Å². The highest BCUT2D eigenvalue weighted by atomic mass is 16.2. The summed E-state index contributed by atoms with van der Waals surface area (Å²) < 4.78 is 0. The number of carbonyl (C=O) groups is 1. The van der Waals surface area contributed by atoms with Gasteiger partial charge in [-0.05, 0) is 25.3 Å². The van der Waals surface area contributed by atoms with Crippen molar-refractivity contribution in [3.8, 4) is 0 Å². The fourth-order valence-corrected chi connectivity index (χ4v) is 2.22. The van der Waals surface area contributed by atoms with E-state index in [1.54, 1.807) is 6.92 Å². The van der Waals surface area contributed by atoms with Crippen molar-refractivity contribution in [3.63, 3.8) is 0 Å². The molecule has 0 aliphatic rings. The van der Waals surface area contributed by atoms with Gasteiger partial charge in [-0.3, -0.25) is 4.79 Å². The lowest BCUT2D eigenvalue weighted by Crippen LogP contribution is -2.45. The van der Waals surface area contributed by atoms with Crippen LogP contribution in [0.4, 0.5) is 0 Å². The molecular formula is C15H24N2O. The molecule has 18 heavy (non-hydrogen) atoms. The molecule has 0 bridgehead atoms. The summed E-state index contributed by atoms with van der Waals surface area (Å²) in [6.45, 7) is 6.67. The first-order chi connectivity index (χ1) is 8.55. The number of carbonyl (C=O) groups excluding carboxylic acids is 1. The molecule has 0 heterocycles. The highest BCUT2D eigenvalue weighted by Gasteiger charge is 2.28. The third-order valence-corrected chi connectivity index (χ3v) is 3.75. The van der Waals surface area contributed by atoms with Gasteiger partial charge in [0.25, 0.3) is 0 Å². The minimum atomic E-state index is -0.452. The summed E-state index contributed by atoms with van der Waals surface area (Å²) in [6, 6.07) is 9.91. The van der Waals surface area contributed by atoms with E-state index >= 15 is 0 Å². The van der Waals surface area contributed by atoms with Crippen molar-refractivity contribution >= 4 is 5.91 Å². The Balaban J connectivity index is 2.85. The Morgan fingerprint density at radius 2 is 1.83 bits per heavy atom. The largest absolute Gasteiger partial charge is 0.354 e. The van der Waals surface area contributed by atoms with Crippen molar-refractivity contribution in [2.24, 2.45) is 5.73 Å². The molecule has 0 aliphatic carbocycles. The standard InChI is InChI=1S/C15H24N2O/c1-4-15(5-2,11-17-14(18)12(3)16)13-9-7-6-8-10-13/h6-10,12H,4-5,11,16H2,1-3H3,(H,17,18)/t12-/m0/s1. The maximum absolute atomic E-state index is 11.6. The monoisotopic (exact) mass is 248 g/mol. The van der Waals surface area contributed by atoms with Gasteiger partial charge in [0.05, 0.1) is 6.04 Å². The van der Waals surface area contributed by atoms with E-state index in [-0.39, 0.29) is 11.3 Å². The summed E-state index contributed by atoms with van der Waals surface area (Å²) in [5.41, 5.74) is 6.86. The summed E-state index contributed by atoms with van der Waals surface area (Å²) in [6.07, 6.45) is 1.99. The highest BCUT2D eigenvalue weighted by Crippen LogP contribution is 2.30. The van der Waals surface area contributed by atoms with E-state index in [0.29, 0.717) is 6.54 Å². The first kappa shape index (κ1) is 14.7. The van der Waals surface area contributed by atoms with Gasteiger partial charge in [0, 0.05) is 12.0 Å². The third kappa shape index (κ3) is 3.33. The number of amides is 1. The number of benzene rings is 1. The van der Waals surface area contributed by atoms with Gasteiger partial charge >= 0.3 is 0 Å². The summed E-state index contributed by atoms with van der Waals surface area (Å²) in [5.74, 6) is -0.0859. The Kier molecular flexibility index (Phi) is 5.35. The Labute approximate surface area is 110 Å². The third-order valence-electron chi connectivity index (χ3n) is 3.75. The van der Waals surface area contributed by atoms with Crippen LogP contribution in [0.3, 0.4) is 0 Å². The van der Waals surface area contributed by atoms with Gasteiger partial charge in [-0.2, -0.15) is 0 Å². The summed E-state index contributed by atoms with van der Waals surface area (Å²) >= 11 is 0. The van der Waals surface area contributed by atoms with Gasteiger partial charge in [-0.25, -0.2) is 0 Å². The molecule has 0 aromatic heterocycles. The van der Waals surface area contributed by atoms with Crippen LogP contribution in [0.15, 0.2) is 30.3 Å². The predicted octanol–water partition coefficient (Wildman–Crippen LogP) is 2.21. The maximum Gasteiger partial charge on any atom is 0.236 e. The van der Waals surface area contributed by atoms with Gasteiger partial charge < -0.3 is 11.1 Å². The Hall–Kier alpha value is -1.35. The average molecular weight is 248 g/mol. The zero-order chi connectivity index (χ0) is 13.6. The minimum Gasteiger partial charge on any atom is -0.354 e. The SMILES string of the molecule is CCC(CC)(CNC(=O)[C@H](C)N)c1ccccc1. The molecule has 1 aromatic rings. The van der Waals surface area contributed by atoms with E-state index in [1.807, 2.05) is 18.2 Å². The van der Waals surface area contributed by atoms with Crippen molar-refractivity contribution in [1.82, 2.24) is 5.32 Å². The van der Waals surface area contributed by atoms with Crippen LogP contribution in [0.5, 0.6) is 0 Å². The van der Waals surface area contributed by atoms with Crippen molar-refractivity contribution in [2.75, 3.05) is 6.54 Å². The van der Waals surface area contributed by atoms with Crippen LogP contribution in [0.1, 0.15) is 39.2 Å². The Bertz CT molecular complexity index is 369. The first-order valence-corrected chi connectivity index (χ1v) is 6.64. The molecule has 100 valence electrons. The predicted molar refractivity (Wildman–Crippen MR) is 75.4 cm³/mol. The van der Waals surface area contributed by atoms with Crippen molar-refractivity contribution in [1.29, 1.82) is 0 Å². The lowest BCUT2D eigenvalue weighted by molar-refractivity contribution is -0.122. The van der Waals surface area contributed by atoms with Crippen molar-refractivity contribution in [2.45, 2.75) is 45.1 Å². The van der Waals surface area contributed by atoms with Gasteiger partial charge in [0.2, 0.25) is 5.91 Å². The quantitative estimate of drug-likeness (QED) is 0.811. The van der Waals surface area contributed by atoms with E-state index in [1.165, 1.54) is 5.56 Å². The number of hydrogen-bond acceptors (Lipinski definition) is 2. The number of nitrogens with one attached hydrogen (secondary N) is 1. The molecule has 3 N–H and O–H groups in total. The second kappa shape index (κ2) is 6.55. The fourth-order valence-electron chi connectivity index (χ4n) is 2.22. The first-order valence-electron chi connectivity index (χ1n) is 6.64. The second-order valence-electron chi connectivity index (χ2n) is 4.86. The van der Waals surface area contributed by atoms with Crippen molar-refractivity contribution < 1.29 is 4.79 Å². The number of rotatable bonds is 6. The number of nitrogens with two attached hydrogens (primary N) is 1. The van der Waals surface area contributed by atoms with Crippen LogP contribution in [0.2, 0.25) is 0 Å². The van der Waals surface area contributed by atoms with Crippen molar-refractivity contribution in [3.05, 3.63) is 35.9 Å². The second-order valence-corrected chi connectivity index (χ2v) is 4.86. The van der Waals surface area contributed by atoms with Crippen LogP contribution in [-0.4, -0.2) is 18.5 Å². The maximum atomic E-state index is 11.6. The molecule has 0 unspecified atom stereocenters. The Morgan fingerprint density at radius 3 is 2.28 bits per heavy atom. The molecule has 1 amide bonds. The molecule has 0 saturated carbocycles. The molecule has 0 radical (unpaired) electrons. The number of hydrogen-bond donors (Lipinski definition) is 2. The molecule has 0 aliphatic heterocycles. The van der Waals surface area contributed by atoms with E-state index in [9.17, 15) is 4.79 Å². The fraction of sp³-hybridized carbons (Fsp3) is 0.533. The van der Waals surface area contributed by atoms with E-state index in [4.69, 9.17) is 5.73 Å². The van der Waals surface area contributed by atoms with Crippen LogP contribution in [-0.2, 0) is 10.2 Å². The molecule has 1 aromatic carbocycles. The molecule has 0 saturated heterocycles. The summed E-state index contributed by atoms with van der Waals surface area (Å²) in [5, 5.41) is 2.96. The topological polar surface area (TPSA) is 55.1 Å². The summed E-state index contributed by atoms with van der Waals surface area (Å²) in [7, 11) is 0. The molecule has 0 fully saturated rings. The van der Waals surface area contributed by atoms with Crippen LogP contribution in [0, 0.1) is 0 Å². The summed E-state index contributed by atoms with van der Waals surface area (Å²) in [4.78, 5) is 11.6. The molecular weight excluding hydrogens is 224 g/mol. The van der Waals surface area contributed by atoms with Gasteiger partial charge in [-0.15, -0.1) is 0 Å². The van der Waals surface area contributed by atoms with E-state index in [2.05, 4.69) is 31.3 Å². The van der Waals surface area contributed by atoms with Gasteiger partial charge in [0.1, 0.15) is 0 Å². The zero-order valence-electron chi connectivity index (χ0n) is 11.6. The molecule has 1 rings (SSSR count). The zero-order valence-corrected chi connectivity index (χ0v) is 11.6. The average Bonchev–Trinajstić information content (AvgIpc) is 2.41. The van der Waals surface area contributed by atoms with Crippen LogP contribution >= 0.6 is 0 Å². The van der Waals surface area contributed by atoms with E-state index < -0.39 is 6.04 Å². The van der Waals surface area contributed by atoms with Crippen LogP contribution in [0.25, 0.3) is 0 Å². The molecule has 0 spiro atoms. The molecule has 1 atom stereocenters.